The van der Waals surface area contributed by atoms with E-state index in [0.717, 1.165) is 39.3 Å². The first-order chi connectivity index (χ1) is 11.2. The summed E-state index contributed by atoms with van der Waals surface area (Å²) in [6.07, 6.45) is 0.876. The molecule has 0 atom stereocenters. The molecule has 1 aromatic rings. The maximum absolute atomic E-state index is 11.7. The third-order valence-corrected chi connectivity index (χ3v) is 3.72. The van der Waals surface area contributed by atoms with Crippen molar-refractivity contribution in [1.82, 2.24) is 4.90 Å². The molecule has 7 nitrogen and oxygen atoms in total. The summed E-state index contributed by atoms with van der Waals surface area (Å²) in [5.41, 5.74) is 6.41. The smallest absolute Gasteiger partial charge is 0.340 e. The maximum Gasteiger partial charge on any atom is 0.340 e. The van der Waals surface area contributed by atoms with Gasteiger partial charge in [0, 0.05) is 31.8 Å². The van der Waals surface area contributed by atoms with Crippen LogP contribution in [0.25, 0.3) is 0 Å². The predicted molar refractivity (Wildman–Crippen MR) is 86.1 cm³/mol. The highest BCUT2D eigenvalue weighted by atomic mass is 16.5. The zero-order valence-electron chi connectivity index (χ0n) is 13.7. The third-order valence-electron chi connectivity index (χ3n) is 3.72. The van der Waals surface area contributed by atoms with Crippen molar-refractivity contribution in [1.29, 1.82) is 0 Å². The summed E-state index contributed by atoms with van der Waals surface area (Å²) < 4.78 is 21.1. The molecule has 0 spiro atoms. The largest absolute Gasteiger partial charge is 0.493 e. The molecule has 1 aliphatic rings. The van der Waals surface area contributed by atoms with E-state index >= 15 is 0 Å². The normalized spacial score (nSPS) is 15.2. The molecule has 1 saturated heterocycles. The van der Waals surface area contributed by atoms with Gasteiger partial charge in [-0.05, 0) is 6.42 Å². The first-order valence-corrected chi connectivity index (χ1v) is 7.64. The lowest BCUT2D eigenvalue weighted by molar-refractivity contribution is 0.0357. The molecule has 1 aliphatic heterocycles. The molecule has 128 valence electrons. The average Bonchev–Trinajstić information content (AvgIpc) is 2.59. The number of rotatable bonds is 7. The number of carbonyl (C=O) groups is 1. The van der Waals surface area contributed by atoms with Crippen molar-refractivity contribution >= 4 is 11.7 Å². The highest BCUT2D eigenvalue weighted by molar-refractivity contribution is 5.96. The van der Waals surface area contributed by atoms with Gasteiger partial charge < -0.3 is 24.7 Å². The first kappa shape index (κ1) is 17.4. The van der Waals surface area contributed by atoms with Crippen LogP contribution in [0.1, 0.15) is 16.8 Å². The van der Waals surface area contributed by atoms with Crippen LogP contribution >= 0.6 is 0 Å². The molecule has 0 amide bonds. The summed E-state index contributed by atoms with van der Waals surface area (Å²) in [5.74, 6) is 0.494. The van der Waals surface area contributed by atoms with Gasteiger partial charge in [0.25, 0.3) is 0 Å². The van der Waals surface area contributed by atoms with E-state index in [4.69, 9.17) is 24.7 Å². The van der Waals surface area contributed by atoms with Gasteiger partial charge >= 0.3 is 5.97 Å². The van der Waals surface area contributed by atoms with Crippen molar-refractivity contribution in [2.45, 2.75) is 6.42 Å². The molecule has 0 aliphatic carbocycles. The Morgan fingerprint density at radius 1 is 1.26 bits per heavy atom. The van der Waals surface area contributed by atoms with Crippen LogP contribution in [0, 0.1) is 0 Å². The highest BCUT2D eigenvalue weighted by Crippen LogP contribution is 2.32. The summed E-state index contributed by atoms with van der Waals surface area (Å²) in [7, 11) is 2.85. The molecule has 0 aromatic heterocycles. The summed E-state index contributed by atoms with van der Waals surface area (Å²) in [6, 6.07) is 3.14. The highest BCUT2D eigenvalue weighted by Gasteiger charge is 2.16. The zero-order chi connectivity index (χ0) is 16.7. The molecule has 0 unspecified atom stereocenters. The van der Waals surface area contributed by atoms with Gasteiger partial charge in [0.2, 0.25) is 0 Å². The van der Waals surface area contributed by atoms with Gasteiger partial charge in [-0.3, -0.25) is 4.90 Å². The Labute approximate surface area is 136 Å². The first-order valence-electron chi connectivity index (χ1n) is 7.64. The molecular formula is C16H24N2O5. The van der Waals surface area contributed by atoms with Crippen molar-refractivity contribution in [3.63, 3.8) is 0 Å². The minimum atomic E-state index is -0.497. The Kier molecular flexibility index (Phi) is 6.49. The van der Waals surface area contributed by atoms with E-state index < -0.39 is 5.97 Å². The number of nitrogens with two attached hydrogens (primary N) is 1. The van der Waals surface area contributed by atoms with Gasteiger partial charge in [-0.15, -0.1) is 0 Å². The average molecular weight is 324 g/mol. The number of methoxy groups -OCH3 is 2. The summed E-state index contributed by atoms with van der Waals surface area (Å²) in [4.78, 5) is 14.0. The van der Waals surface area contributed by atoms with Crippen LogP contribution in [0.5, 0.6) is 11.5 Å². The fourth-order valence-electron chi connectivity index (χ4n) is 2.43. The standard InChI is InChI=1S/C16H24N2O5/c1-20-14-11-13(17)12(16(19)21-2)10-15(14)23-7-3-4-18-5-8-22-9-6-18/h10-11H,3-9,17H2,1-2H3. The van der Waals surface area contributed by atoms with Crippen LogP contribution in [0.3, 0.4) is 0 Å². The molecule has 1 heterocycles. The van der Waals surface area contributed by atoms with E-state index in [2.05, 4.69) is 4.90 Å². The van der Waals surface area contributed by atoms with Crippen LogP contribution in [0.2, 0.25) is 0 Å². The van der Waals surface area contributed by atoms with Gasteiger partial charge in [-0.2, -0.15) is 0 Å². The monoisotopic (exact) mass is 324 g/mol. The van der Waals surface area contributed by atoms with E-state index in [9.17, 15) is 4.79 Å². The number of esters is 1. The van der Waals surface area contributed by atoms with Crippen molar-refractivity contribution in [2.24, 2.45) is 0 Å². The van der Waals surface area contributed by atoms with Gasteiger partial charge in [-0.1, -0.05) is 0 Å². The molecule has 1 fully saturated rings. The molecule has 1 aromatic carbocycles. The minimum absolute atomic E-state index is 0.275. The number of ether oxygens (including phenoxy) is 4. The molecule has 0 radical (unpaired) electrons. The van der Waals surface area contributed by atoms with E-state index in [-0.39, 0.29) is 5.56 Å². The SMILES string of the molecule is COC(=O)c1cc(OCCCN2CCOCC2)c(OC)cc1N. The zero-order valence-corrected chi connectivity index (χ0v) is 13.7. The van der Waals surface area contributed by atoms with Crippen molar-refractivity contribution < 1.29 is 23.7 Å². The number of morpholine rings is 1. The summed E-state index contributed by atoms with van der Waals surface area (Å²) in [6.45, 7) is 4.96. The number of nitrogens with zero attached hydrogens (tertiary/aromatic N) is 1. The second kappa shape index (κ2) is 8.59. The van der Waals surface area contributed by atoms with Crippen LogP contribution in [0.4, 0.5) is 5.69 Å². The fourth-order valence-corrected chi connectivity index (χ4v) is 2.43. The number of hydrogen-bond acceptors (Lipinski definition) is 7. The van der Waals surface area contributed by atoms with Crippen molar-refractivity contribution in [3.8, 4) is 11.5 Å². The second-order valence-electron chi connectivity index (χ2n) is 5.24. The molecule has 0 bridgehead atoms. The van der Waals surface area contributed by atoms with Crippen molar-refractivity contribution in [2.75, 3.05) is 59.4 Å². The third kappa shape index (κ3) is 4.74. The fraction of sp³-hybridized carbons (Fsp3) is 0.562. The number of carbonyl (C=O) groups excluding carboxylic acids is 1. The summed E-state index contributed by atoms with van der Waals surface area (Å²) >= 11 is 0. The molecule has 2 N–H and O–H groups in total. The van der Waals surface area contributed by atoms with Crippen LogP contribution in [-0.2, 0) is 9.47 Å². The van der Waals surface area contributed by atoms with E-state index in [1.165, 1.54) is 14.2 Å². The lowest BCUT2D eigenvalue weighted by Gasteiger charge is -2.26. The van der Waals surface area contributed by atoms with Crippen LogP contribution in [-0.4, -0.2) is 64.5 Å². The van der Waals surface area contributed by atoms with Gasteiger partial charge in [0.15, 0.2) is 11.5 Å². The maximum atomic E-state index is 11.7. The molecule has 7 heteroatoms. The van der Waals surface area contributed by atoms with Crippen LogP contribution in [0.15, 0.2) is 12.1 Å². The topological polar surface area (TPSA) is 83.2 Å². The van der Waals surface area contributed by atoms with Gasteiger partial charge in [0.1, 0.15) is 0 Å². The Morgan fingerprint density at radius 2 is 2.00 bits per heavy atom. The van der Waals surface area contributed by atoms with Crippen LogP contribution < -0.4 is 15.2 Å². The predicted octanol–water partition coefficient (Wildman–Crippen LogP) is 1.17. The number of benzene rings is 1. The van der Waals surface area contributed by atoms with Gasteiger partial charge in [-0.25, -0.2) is 4.79 Å². The lowest BCUT2D eigenvalue weighted by atomic mass is 10.1. The number of nitrogen functional groups attached to an aromatic ring is 1. The summed E-state index contributed by atoms with van der Waals surface area (Å²) in [5, 5.41) is 0. The van der Waals surface area contributed by atoms with Crippen molar-refractivity contribution in [3.05, 3.63) is 17.7 Å². The molecular weight excluding hydrogens is 300 g/mol. The lowest BCUT2D eigenvalue weighted by Crippen LogP contribution is -2.37. The van der Waals surface area contributed by atoms with E-state index in [1.807, 2.05) is 0 Å². The minimum Gasteiger partial charge on any atom is -0.493 e. The van der Waals surface area contributed by atoms with E-state index in [1.54, 1.807) is 12.1 Å². The number of anilines is 1. The van der Waals surface area contributed by atoms with E-state index in [0.29, 0.717) is 23.8 Å². The Morgan fingerprint density at radius 3 is 2.65 bits per heavy atom. The Bertz CT molecular complexity index is 529. The van der Waals surface area contributed by atoms with Gasteiger partial charge in [0.05, 0.1) is 45.3 Å². The number of hydrogen-bond donors (Lipinski definition) is 1. The Balaban J connectivity index is 1.93. The second-order valence-corrected chi connectivity index (χ2v) is 5.24. The molecule has 0 saturated carbocycles. The molecule has 23 heavy (non-hydrogen) atoms. The Hall–Kier alpha value is -1.99. The molecule has 2 rings (SSSR count). The quantitative estimate of drug-likeness (QED) is 0.458.